The largest absolute Gasteiger partial charge is 0.408 e. The molecule has 21 heavy (non-hydrogen) atoms. The Balaban J connectivity index is 0.00000200. The first-order chi connectivity index (χ1) is 8.89. The molecule has 0 amide bonds. The van der Waals surface area contributed by atoms with Gasteiger partial charge in [-0.3, -0.25) is 4.90 Å². The molecule has 1 heterocycles. The number of alkyl halides is 3. The summed E-state index contributed by atoms with van der Waals surface area (Å²) in [6.45, 7) is 3.86. The van der Waals surface area contributed by atoms with Crippen LogP contribution in [0.15, 0.2) is 22.7 Å². The second-order valence-electron chi connectivity index (χ2n) is 4.76. The van der Waals surface area contributed by atoms with E-state index in [4.69, 9.17) is 0 Å². The molecule has 0 saturated carbocycles. The normalized spacial score (nSPS) is 17.6. The van der Waals surface area contributed by atoms with Crippen LogP contribution in [0.5, 0.6) is 0 Å². The lowest BCUT2D eigenvalue weighted by Crippen LogP contribution is -2.49. The monoisotopic (exact) mass is 408 g/mol. The van der Waals surface area contributed by atoms with Crippen molar-refractivity contribution in [2.45, 2.75) is 19.1 Å². The summed E-state index contributed by atoms with van der Waals surface area (Å²) in [6.07, 6.45) is -4.27. The topological polar surface area (TPSA) is 15.3 Å². The van der Waals surface area contributed by atoms with Gasteiger partial charge in [0.15, 0.2) is 0 Å². The van der Waals surface area contributed by atoms with Gasteiger partial charge in [0, 0.05) is 30.7 Å². The van der Waals surface area contributed by atoms with Gasteiger partial charge in [0.2, 0.25) is 0 Å². The Morgan fingerprint density at radius 3 is 2.24 bits per heavy atom. The summed E-state index contributed by atoms with van der Waals surface area (Å²) in [5, 5.41) is 3.08. The van der Waals surface area contributed by atoms with Gasteiger partial charge in [0.25, 0.3) is 0 Å². The zero-order chi connectivity index (χ0) is 14.0. The third-order valence-corrected chi connectivity index (χ3v) is 3.96. The van der Waals surface area contributed by atoms with Crippen LogP contribution in [0.1, 0.15) is 17.2 Å². The zero-order valence-corrected chi connectivity index (χ0v) is 14.6. The van der Waals surface area contributed by atoms with Crippen molar-refractivity contribution in [3.8, 4) is 0 Å². The first-order valence-electron chi connectivity index (χ1n) is 6.17. The molecular formula is C13H18BrCl2F3N2. The molecule has 0 unspecified atom stereocenters. The van der Waals surface area contributed by atoms with E-state index < -0.39 is 12.2 Å². The van der Waals surface area contributed by atoms with Crippen molar-refractivity contribution in [1.82, 2.24) is 10.2 Å². The molecule has 2 nitrogen and oxygen atoms in total. The van der Waals surface area contributed by atoms with Crippen molar-refractivity contribution in [1.29, 1.82) is 0 Å². The molecule has 0 bridgehead atoms. The van der Waals surface area contributed by atoms with E-state index in [0.29, 0.717) is 36.2 Å². The summed E-state index contributed by atoms with van der Waals surface area (Å²) >= 11 is 3.26. The average molecular weight is 410 g/mol. The minimum atomic E-state index is -4.27. The molecule has 1 aromatic rings. The molecule has 0 aromatic heterocycles. The summed E-state index contributed by atoms with van der Waals surface area (Å²) < 4.78 is 40.7. The third-order valence-electron chi connectivity index (χ3n) is 3.28. The summed E-state index contributed by atoms with van der Waals surface area (Å²) in [4.78, 5) is 1.49. The molecule has 1 N–H and O–H groups in total. The predicted molar refractivity (Wildman–Crippen MR) is 86.6 cm³/mol. The molecule has 0 radical (unpaired) electrons. The van der Waals surface area contributed by atoms with E-state index in [0.717, 1.165) is 5.56 Å². The van der Waals surface area contributed by atoms with Crippen LogP contribution in [0.3, 0.4) is 0 Å². The van der Waals surface area contributed by atoms with Crippen LogP contribution in [0.4, 0.5) is 13.2 Å². The van der Waals surface area contributed by atoms with Crippen molar-refractivity contribution in [2.75, 3.05) is 26.2 Å². The minimum absolute atomic E-state index is 0. The number of piperazine rings is 1. The molecule has 1 saturated heterocycles. The van der Waals surface area contributed by atoms with Crippen LogP contribution < -0.4 is 5.32 Å². The van der Waals surface area contributed by atoms with E-state index in [1.807, 2.05) is 6.92 Å². The molecule has 0 aliphatic carbocycles. The van der Waals surface area contributed by atoms with Gasteiger partial charge >= 0.3 is 6.18 Å². The van der Waals surface area contributed by atoms with Gasteiger partial charge in [0.05, 0.1) is 0 Å². The summed E-state index contributed by atoms with van der Waals surface area (Å²) in [6, 6.07) is 3.49. The quantitative estimate of drug-likeness (QED) is 0.790. The Hall–Kier alpha value is -0.0100. The summed E-state index contributed by atoms with van der Waals surface area (Å²) in [5.41, 5.74) is 1.23. The number of nitrogens with zero attached hydrogens (tertiary/aromatic N) is 1. The predicted octanol–water partition coefficient (Wildman–Crippen LogP) is 4.11. The van der Waals surface area contributed by atoms with E-state index in [9.17, 15) is 13.2 Å². The first kappa shape index (κ1) is 21.0. The van der Waals surface area contributed by atoms with Gasteiger partial charge in [-0.2, -0.15) is 13.2 Å². The molecular weight excluding hydrogens is 392 g/mol. The van der Waals surface area contributed by atoms with Crippen molar-refractivity contribution in [3.63, 3.8) is 0 Å². The number of aryl methyl sites for hydroxylation is 1. The molecule has 0 spiro atoms. The Kier molecular flexibility index (Phi) is 8.57. The minimum Gasteiger partial charge on any atom is -0.314 e. The van der Waals surface area contributed by atoms with Crippen LogP contribution in [-0.2, 0) is 0 Å². The van der Waals surface area contributed by atoms with Gasteiger partial charge in [-0.05, 0) is 24.1 Å². The van der Waals surface area contributed by atoms with E-state index in [1.54, 1.807) is 18.2 Å². The van der Waals surface area contributed by atoms with Gasteiger partial charge in [-0.1, -0.05) is 28.1 Å². The number of benzene rings is 1. The molecule has 1 fully saturated rings. The molecule has 1 aromatic carbocycles. The van der Waals surface area contributed by atoms with Gasteiger partial charge in [0.1, 0.15) is 6.04 Å². The standard InChI is InChI=1S/C13H16BrF3N2.2ClH/c1-9-2-3-10(11(14)8-9)12(13(15,16)17)19-6-4-18-5-7-19;;/h2-3,8,12,18H,4-7H2,1H3;2*1H/t12-;;/m0../s1. The van der Waals surface area contributed by atoms with Crippen LogP contribution in [0.2, 0.25) is 0 Å². The molecule has 2 rings (SSSR count). The Labute approximate surface area is 143 Å². The van der Waals surface area contributed by atoms with E-state index in [2.05, 4.69) is 21.2 Å². The highest BCUT2D eigenvalue weighted by atomic mass is 79.9. The van der Waals surface area contributed by atoms with Gasteiger partial charge in [-0.25, -0.2) is 0 Å². The number of halogens is 6. The lowest BCUT2D eigenvalue weighted by atomic mass is 10.0. The van der Waals surface area contributed by atoms with Crippen molar-refractivity contribution in [2.24, 2.45) is 0 Å². The number of rotatable bonds is 2. The fourth-order valence-corrected chi connectivity index (χ4v) is 3.08. The molecule has 8 heteroatoms. The molecule has 1 atom stereocenters. The fourth-order valence-electron chi connectivity index (χ4n) is 2.37. The second-order valence-corrected chi connectivity index (χ2v) is 5.61. The Bertz CT molecular complexity index is 452. The second kappa shape index (κ2) is 8.58. The molecule has 122 valence electrons. The SMILES string of the molecule is Cc1ccc([C@H](N2CCNCC2)C(F)(F)F)c(Br)c1.Cl.Cl. The summed E-state index contributed by atoms with van der Waals surface area (Å²) in [5.74, 6) is 0. The highest BCUT2D eigenvalue weighted by Crippen LogP contribution is 2.40. The Morgan fingerprint density at radius 2 is 1.76 bits per heavy atom. The highest BCUT2D eigenvalue weighted by Gasteiger charge is 2.45. The lowest BCUT2D eigenvalue weighted by molar-refractivity contribution is -0.188. The maximum absolute atomic E-state index is 13.4. The lowest BCUT2D eigenvalue weighted by Gasteiger charge is -2.36. The van der Waals surface area contributed by atoms with Gasteiger partial charge in [-0.15, -0.1) is 24.8 Å². The van der Waals surface area contributed by atoms with Crippen molar-refractivity contribution < 1.29 is 13.2 Å². The molecule has 1 aliphatic rings. The zero-order valence-electron chi connectivity index (χ0n) is 11.4. The van der Waals surface area contributed by atoms with Crippen LogP contribution in [0.25, 0.3) is 0 Å². The fraction of sp³-hybridized carbons (Fsp3) is 0.538. The van der Waals surface area contributed by atoms with Crippen molar-refractivity contribution >= 4 is 40.7 Å². The van der Waals surface area contributed by atoms with Gasteiger partial charge < -0.3 is 5.32 Å². The number of nitrogens with one attached hydrogen (secondary N) is 1. The summed E-state index contributed by atoms with van der Waals surface area (Å²) in [7, 11) is 0. The van der Waals surface area contributed by atoms with Crippen LogP contribution in [0, 0.1) is 6.92 Å². The smallest absolute Gasteiger partial charge is 0.314 e. The maximum atomic E-state index is 13.4. The van der Waals surface area contributed by atoms with Crippen molar-refractivity contribution in [3.05, 3.63) is 33.8 Å². The third kappa shape index (κ3) is 5.28. The van der Waals surface area contributed by atoms with E-state index >= 15 is 0 Å². The van der Waals surface area contributed by atoms with E-state index in [1.165, 1.54) is 4.90 Å². The molecule has 1 aliphatic heterocycles. The first-order valence-corrected chi connectivity index (χ1v) is 6.96. The number of hydrogen-bond acceptors (Lipinski definition) is 2. The van der Waals surface area contributed by atoms with Crippen LogP contribution in [-0.4, -0.2) is 37.3 Å². The van der Waals surface area contributed by atoms with Crippen LogP contribution >= 0.6 is 40.7 Å². The maximum Gasteiger partial charge on any atom is 0.408 e. The number of hydrogen-bond donors (Lipinski definition) is 1. The average Bonchev–Trinajstić information content (AvgIpc) is 2.32. The van der Waals surface area contributed by atoms with E-state index in [-0.39, 0.29) is 24.8 Å². The highest BCUT2D eigenvalue weighted by molar-refractivity contribution is 9.10. The Morgan fingerprint density at radius 1 is 1.19 bits per heavy atom.